The first-order valence-corrected chi connectivity index (χ1v) is 6.54. The van der Waals surface area contributed by atoms with Crippen LogP contribution in [0.5, 0.6) is 0 Å². The Morgan fingerprint density at radius 1 is 1.33 bits per heavy atom. The largest absolute Gasteiger partial charge is 0.480 e. The second-order valence-electron chi connectivity index (χ2n) is 3.47. The third-order valence-corrected chi connectivity index (χ3v) is 2.90. The van der Waals surface area contributed by atoms with Crippen molar-refractivity contribution < 1.29 is 28.4 Å². The molecule has 8 heteroatoms. The molecule has 1 unspecified atom stereocenters. The molecule has 0 aliphatic carbocycles. The first-order valence-electron chi connectivity index (χ1n) is 5.05. The zero-order valence-electron chi connectivity index (χ0n) is 9.43. The van der Waals surface area contributed by atoms with Gasteiger partial charge in [0.15, 0.2) is 0 Å². The summed E-state index contributed by atoms with van der Waals surface area (Å²) in [7, 11) is -4.29. The summed E-state index contributed by atoms with van der Waals surface area (Å²) < 4.78 is 20.5. The van der Waals surface area contributed by atoms with Gasteiger partial charge in [-0.25, -0.2) is 4.57 Å². The number of nitrogens with two attached hydrogens (primary N) is 1. The molecule has 7 nitrogen and oxygen atoms in total. The van der Waals surface area contributed by atoms with Crippen LogP contribution in [0.3, 0.4) is 0 Å². The van der Waals surface area contributed by atoms with Crippen LogP contribution < -0.4 is 5.73 Å². The number of hydrogen-bond donors (Lipinski definition) is 3. The molecule has 0 spiro atoms. The zero-order valence-corrected chi connectivity index (χ0v) is 10.3. The first-order chi connectivity index (χ1) is 8.41. The topological polar surface area (TPSA) is 119 Å². The quantitative estimate of drug-likeness (QED) is 0.627. The molecule has 0 aromatic heterocycles. The molecule has 0 bridgehead atoms. The minimum Gasteiger partial charge on any atom is -0.480 e. The van der Waals surface area contributed by atoms with Crippen molar-refractivity contribution in [2.24, 2.45) is 5.73 Å². The van der Waals surface area contributed by atoms with Gasteiger partial charge in [-0.3, -0.25) is 13.8 Å². The van der Waals surface area contributed by atoms with E-state index in [1.165, 1.54) is 0 Å². The van der Waals surface area contributed by atoms with E-state index in [1.807, 2.05) is 0 Å². The van der Waals surface area contributed by atoms with Gasteiger partial charge in [-0.1, -0.05) is 30.3 Å². The summed E-state index contributed by atoms with van der Waals surface area (Å²) in [6.07, 6.45) is 0. The Hall–Kier alpha value is -1.24. The summed E-state index contributed by atoms with van der Waals surface area (Å²) in [5.41, 5.74) is 5.81. The van der Waals surface area contributed by atoms with Gasteiger partial charge in [-0.05, 0) is 5.56 Å². The summed E-state index contributed by atoms with van der Waals surface area (Å²) in [5, 5.41) is 8.47. The van der Waals surface area contributed by atoms with E-state index in [0.29, 0.717) is 5.56 Å². The second-order valence-corrected chi connectivity index (χ2v) is 4.92. The van der Waals surface area contributed by atoms with E-state index in [0.717, 1.165) is 0 Å². The van der Waals surface area contributed by atoms with Crippen LogP contribution in [0.25, 0.3) is 0 Å². The number of carboxylic acid groups (broad SMARTS) is 1. The molecule has 0 saturated heterocycles. The van der Waals surface area contributed by atoms with E-state index in [1.54, 1.807) is 30.3 Å². The monoisotopic (exact) mass is 275 g/mol. The van der Waals surface area contributed by atoms with Gasteiger partial charge in [0.1, 0.15) is 6.04 Å². The highest BCUT2D eigenvalue weighted by atomic mass is 31.2. The van der Waals surface area contributed by atoms with Gasteiger partial charge in [0.05, 0.1) is 13.2 Å². The van der Waals surface area contributed by atoms with Gasteiger partial charge in [-0.2, -0.15) is 0 Å². The van der Waals surface area contributed by atoms with Crippen LogP contribution >= 0.6 is 7.82 Å². The second kappa shape index (κ2) is 6.63. The summed E-state index contributed by atoms with van der Waals surface area (Å²) >= 11 is 0. The Morgan fingerprint density at radius 3 is 2.50 bits per heavy atom. The lowest BCUT2D eigenvalue weighted by atomic mass is 10.2. The normalized spacial score (nSPS) is 15.9. The van der Waals surface area contributed by atoms with E-state index < -0.39 is 26.4 Å². The summed E-state index contributed by atoms with van der Waals surface area (Å²) in [5.74, 6) is -1.32. The molecule has 1 rings (SSSR count). The number of benzene rings is 1. The molecule has 0 heterocycles. The summed E-state index contributed by atoms with van der Waals surface area (Å²) in [6, 6.07) is 7.35. The molecule has 0 amide bonds. The van der Waals surface area contributed by atoms with Crippen molar-refractivity contribution in [2.45, 2.75) is 12.6 Å². The van der Waals surface area contributed by atoms with Gasteiger partial charge < -0.3 is 15.7 Å². The Labute approximate surface area is 104 Å². The maximum atomic E-state index is 11.4. The Morgan fingerprint density at radius 2 is 1.94 bits per heavy atom. The minimum absolute atomic E-state index is 0.114. The van der Waals surface area contributed by atoms with Crippen molar-refractivity contribution in [3.63, 3.8) is 0 Å². The number of carboxylic acids is 1. The number of aliphatic carboxylic acids is 1. The van der Waals surface area contributed by atoms with Crippen LogP contribution in [-0.4, -0.2) is 28.6 Å². The standard InChI is InChI=1S/C10H14NO6P/c11-9(10(12)13)7-17-18(14,15)16-6-8-4-2-1-3-5-8/h1-5,9H,6-7,11H2,(H,12,13)(H,14,15)/t9-/m0/s1. The first kappa shape index (κ1) is 14.8. The van der Waals surface area contributed by atoms with Gasteiger partial charge in [0.2, 0.25) is 0 Å². The van der Waals surface area contributed by atoms with Gasteiger partial charge in [0.25, 0.3) is 0 Å². The van der Waals surface area contributed by atoms with Gasteiger partial charge in [0, 0.05) is 0 Å². The van der Waals surface area contributed by atoms with E-state index >= 15 is 0 Å². The maximum Gasteiger partial charge on any atom is 0.472 e. The molecule has 18 heavy (non-hydrogen) atoms. The van der Waals surface area contributed by atoms with Gasteiger partial charge in [-0.15, -0.1) is 0 Å². The fraction of sp³-hybridized carbons (Fsp3) is 0.300. The molecule has 2 atom stereocenters. The van der Waals surface area contributed by atoms with Crippen LogP contribution in [0, 0.1) is 0 Å². The lowest BCUT2D eigenvalue weighted by Gasteiger charge is -2.13. The van der Waals surface area contributed by atoms with Gasteiger partial charge >= 0.3 is 13.8 Å². The van der Waals surface area contributed by atoms with Crippen molar-refractivity contribution >= 4 is 13.8 Å². The van der Waals surface area contributed by atoms with Crippen molar-refractivity contribution in [3.8, 4) is 0 Å². The molecular weight excluding hydrogens is 261 g/mol. The fourth-order valence-corrected chi connectivity index (χ4v) is 1.75. The molecular formula is C10H14NO6P. The number of phosphoric acid groups is 1. The van der Waals surface area contributed by atoms with Crippen LogP contribution in [0.1, 0.15) is 5.56 Å². The number of phosphoric ester groups is 1. The Kier molecular flexibility index (Phi) is 5.46. The molecule has 0 radical (unpaired) electrons. The maximum absolute atomic E-state index is 11.4. The molecule has 1 aromatic rings. The summed E-state index contributed by atoms with van der Waals surface area (Å²) in [6.45, 7) is -0.713. The zero-order chi connectivity index (χ0) is 13.6. The number of carbonyl (C=O) groups is 1. The molecule has 4 N–H and O–H groups in total. The van der Waals surface area contributed by atoms with Crippen LogP contribution in [0.15, 0.2) is 30.3 Å². The van der Waals surface area contributed by atoms with E-state index in [9.17, 15) is 14.3 Å². The third kappa shape index (κ3) is 5.39. The Balaban J connectivity index is 2.40. The molecule has 1 aromatic carbocycles. The van der Waals surface area contributed by atoms with Crippen molar-refractivity contribution in [1.29, 1.82) is 0 Å². The van der Waals surface area contributed by atoms with Crippen LogP contribution in [0.4, 0.5) is 0 Å². The van der Waals surface area contributed by atoms with E-state index in [-0.39, 0.29) is 6.61 Å². The molecule has 0 aliphatic rings. The predicted octanol–water partition coefficient (Wildman–Crippen LogP) is 0.732. The smallest absolute Gasteiger partial charge is 0.472 e. The third-order valence-electron chi connectivity index (χ3n) is 1.97. The lowest BCUT2D eigenvalue weighted by Crippen LogP contribution is -2.34. The average Bonchev–Trinajstić information content (AvgIpc) is 2.35. The van der Waals surface area contributed by atoms with Crippen molar-refractivity contribution in [1.82, 2.24) is 0 Å². The van der Waals surface area contributed by atoms with Crippen LogP contribution in [-0.2, 0) is 25.0 Å². The highest BCUT2D eigenvalue weighted by Gasteiger charge is 2.24. The SMILES string of the molecule is N[C@@H](COP(=O)(O)OCc1ccccc1)C(=O)O. The average molecular weight is 275 g/mol. The Bertz CT molecular complexity index is 437. The van der Waals surface area contributed by atoms with Crippen molar-refractivity contribution in [2.75, 3.05) is 6.61 Å². The number of hydrogen-bond acceptors (Lipinski definition) is 5. The summed E-state index contributed by atoms with van der Waals surface area (Å²) in [4.78, 5) is 19.6. The molecule has 0 fully saturated rings. The van der Waals surface area contributed by atoms with Crippen LogP contribution in [0.2, 0.25) is 0 Å². The minimum atomic E-state index is -4.29. The fourth-order valence-electron chi connectivity index (χ4n) is 1.01. The van der Waals surface area contributed by atoms with E-state index in [4.69, 9.17) is 10.8 Å². The highest BCUT2D eigenvalue weighted by Crippen LogP contribution is 2.43. The molecule has 0 aliphatic heterocycles. The molecule has 0 saturated carbocycles. The molecule has 100 valence electrons. The predicted molar refractivity (Wildman–Crippen MR) is 62.6 cm³/mol. The van der Waals surface area contributed by atoms with Crippen molar-refractivity contribution in [3.05, 3.63) is 35.9 Å². The highest BCUT2D eigenvalue weighted by molar-refractivity contribution is 7.47. The lowest BCUT2D eigenvalue weighted by molar-refractivity contribution is -0.139. The van der Waals surface area contributed by atoms with E-state index in [2.05, 4.69) is 9.05 Å². The number of rotatable bonds is 7.